The summed E-state index contributed by atoms with van der Waals surface area (Å²) in [6, 6.07) is 9.82. The quantitative estimate of drug-likeness (QED) is 0.727. The number of benzene rings is 1. The fraction of sp³-hybridized carbons (Fsp3) is 0.579. The Bertz CT molecular complexity index is 551. The van der Waals surface area contributed by atoms with Crippen LogP contribution in [0.15, 0.2) is 30.3 Å². The van der Waals surface area contributed by atoms with Gasteiger partial charge in [-0.3, -0.25) is 9.59 Å². The lowest BCUT2D eigenvalue weighted by atomic mass is 10.1. The number of thioether (sulfide) groups is 1. The third-order valence-corrected chi connectivity index (χ3v) is 5.24. The van der Waals surface area contributed by atoms with Crippen molar-refractivity contribution in [3.63, 3.8) is 0 Å². The third kappa shape index (κ3) is 7.17. The molecule has 1 atom stereocenters. The van der Waals surface area contributed by atoms with Gasteiger partial charge in [-0.15, -0.1) is 12.4 Å². The highest BCUT2D eigenvalue weighted by Gasteiger charge is 2.26. The maximum atomic E-state index is 12.3. The van der Waals surface area contributed by atoms with Crippen molar-refractivity contribution in [3.8, 4) is 0 Å². The van der Waals surface area contributed by atoms with Crippen molar-refractivity contribution in [2.45, 2.75) is 31.7 Å². The van der Waals surface area contributed by atoms with E-state index < -0.39 is 6.04 Å². The smallest absolute Gasteiger partial charge is 0.239 e. The van der Waals surface area contributed by atoms with Gasteiger partial charge in [0.15, 0.2) is 0 Å². The van der Waals surface area contributed by atoms with E-state index in [1.807, 2.05) is 29.4 Å². The van der Waals surface area contributed by atoms with E-state index in [0.717, 1.165) is 18.6 Å². The van der Waals surface area contributed by atoms with Crippen LogP contribution in [0.4, 0.5) is 0 Å². The van der Waals surface area contributed by atoms with Crippen molar-refractivity contribution in [2.24, 2.45) is 5.73 Å². The fourth-order valence-electron chi connectivity index (χ4n) is 3.03. The van der Waals surface area contributed by atoms with Gasteiger partial charge in [0.2, 0.25) is 11.8 Å². The van der Waals surface area contributed by atoms with Crippen LogP contribution in [0.3, 0.4) is 0 Å². The van der Waals surface area contributed by atoms with Crippen LogP contribution >= 0.6 is 24.2 Å². The van der Waals surface area contributed by atoms with Crippen LogP contribution < -0.4 is 5.73 Å². The van der Waals surface area contributed by atoms with Crippen LogP contribution in [0.1, 0.15) is 24.8 Å². The highest BCUT2D eigenvalue weighted by Crippen LogP contribution is 2.10. The van der Waals surface area contributed by atoms with E-state index in [0.29, 0.717) is 39.0 Å². The van der Waals surface area contributed by atoms with Crippen molar-refractivity contribution in [1.82, 2.24) is 9.80 Å². The minimum atomic E-state index is -0.416. The molecule has 2 N–H and O–H groups in total. The van der Waals surface area contributed by atoms with Crippen molar-refractivity contribution in [1.29, 1.82) is 0 Å². The Morgan fingerprint density at radius 1 is 1.12 bits per heavy atom. The summed E-state index contributed by atoms with van der Waals surface area (Å²) in [6.45, 7) is 2.42. The van der Waals surface area contributed by atoms with E-state index in [9.17, 15) is 9.59 Å². The summed E-state index contributed by atoms with van der Waals surface area (Å²) in [4.78, 5) is 28.3. The van der Waals surface area contributed by atoms with Gasteiger partial charge in [-0.25, -0.2) is 0 Å². The Hall–Kier alpha value is -1.24. The number of aryl methyl sites for hydroxylation is 1. The third-order valence-electron chi connectivity index (χ3n) is 4.59. The largest absolute Gasteiger partial charge is 0.339 e. The number of carbonyl (C=O) groups is 2. The molecule has 7 heteroatoms. The van der Waals surface area contributed by atoms with Gasteiger partial charge in [-0.05, 0) is 36.8 Å². The molecule has 0 unspecified atom stereocenters. The highest BCUT2D eigenvalue weighted by molar-refractivity contribution is 7.98. The summed E-state index contributed by atoms with van der Waals surface area (Å²) in [6.07, 6.45) is 5.07. The zero-order chi connectivity index (χ0) is 18.1. The van der Waals surface area contributed by atoms with Gasteiger partial charge in [0.25, 0.3) is 0 Å². The second-order valence-electron chi connectivity index (χ2n) is 6.43. The first-order valence-electron chi connectivity index (χ1n) is 8.97. The molecule has 0 aliphatic carbocycles. The Labute approximate surface area is 167 Å². The molecule has 0 bridgehead atoms. The van der Waals surface area contributed by atoms with Crippen LogP contribution in [-0.4, -0.2) is 65.8 Å². The summed E-state index contributed by atoms with van der Waals surface area (Å²) in [7, 11) is 0. The summed E-state index contributed by atoms with van der Waals surface area (Å²) >= 11 is 1.70. The second kappa shape index (κ2) is 12.2. The summed E-state index contributed by atoms with van der Waals surface area (Å²) in [5, 5.41) is 0. The molecule has 1 aromatic rings. The molecule has 0 saturated carbocycles. The Morgan fingerprint density at radius 2 is 1.73 bits per heavy atom. The zero-order valence-electron chi connectivity index (χ0n) is 15.4. The van der Waals surface area contributed by atoms with Crippen molar-refractivity contribution in [2.75, 3.05) is 38.2 Å². The van der Waals surface area contributed by atoms with Gasteiger partial charge in [-0.2, -0.15) is 11.8 Å². The first-order valence-corrected chi connectivity index (χ1v) is 10.4. The number of hydrogen-bond donors (Lipinski definition) is 1. The van der Waals surface area contributed by atoms with Gasteiger partial charge < -0.3 is 15.5 Å². The normalized spacial score (nSPS) is 15.3. The number of piperazine rings is 1. The maximum Gasteiger partial charge on any atom is 0.239 e. The first kappa shape index (κ1) is 22.8. The molecule has 26 heavy (non-hydrogen) atoms. The van der Waals surface area contributed by atoms with E-state index in [1.54, 1.807) is 16.7 Å². The van der Waals surface area contributed by atoms with Crippen molar-refractivity contribution in [3.05, 3.63) is 35.9 Å². The molecule has 2 amide bonds. The summed E-state index contributed by atoms with van der Waals surface area (Å²) in [5.74, 6) is 1.10. The summed E-state index contributed by atoms with van der Waals surface area (Å²) < 4.78 is 0. The van der Waals surface area contributed by atoms with Crippen LogP contribution in [0.25, 0.3) is 0 Å². The number of nitrogens with two attached hydrogens (primary N) is 1. The van der Waals surface area contributed by atoms with Crippen LogP contribution in [0, 0.1) is 0 Å². The lowest BCUT2D eigenvalue weighted by Gasteiger charge is -2.36. The SMILES string of the molecule is CSCC[C@H](N)C(=O)N1CCN(C(=O)CCCc2ccccc2)CC1.Cl. The molecule has 1 saturated heterocycles. The lowest BCUT2D eigenvalue weighted by molar-refractivity contribution is -0.140. The average Bonchev–Trinajstić information content (AvgIpc) is 2.66. The summed E-state index contributed by atoms with van der Waals surface area (Å²) in [5.41, 5.74) is 7.23. The lowest BCUT2D eigenvalue weighted by Crippen LogP contribution is -2.54. The van der Waals surface area contributed by atoms with Crippen molar-refractivity contribution >= 4 is 36.0 Å². The number of rotatable bonds is 8. The van der Waals surface area contributed by atoms with Gasteiger partial charge in [0.1, 0.15) is 0 Å². The number of hydrogen-bond acceptors (Lipinski definition) is 4. The minimum absolute atomic E-state index is 0. The highest BCUT2D eigenvalue weighted by atomic mass is 35.5. The Kier molecular flexibility index (Phi) is 10.7. The van der Waals surface area contributed by atoms with E-state index >= 15 is 0 Å². The molecule has 1 aromatic carbocycles. The van der Waals surface area contributed by atoms with Gasteiger partial charge in [-0.1, -0.05) is 30.3 Å². The van der Waals surface area contributed by atoms with Crippen LogP contribution in [0.2, 0.25) is 0 Å². The average molecular weight is 400 g/mol. The van der Waals surface area contributed by atoms with Gasteiger partial charge >= 0.3 is 0 Å². The molecular weight excluding hydrogens is 370 g/mol. The fourth-order valence-corrected chi connectivity index (χ4v) is 3.52. The van der Waals surface area contributed by atoms with Gasteiger partial charge in [0, 0.05) is 32.6 Å². The van der Waals surface area contributed by atoms with Crippen LogP contribution in [-0.2, 0) is 16.0 Å². The molecule has 0 aromatic heterocycles. The number of nitrogens with zero attached hydrogens (tertiary/aromatic N) is 2. The monoisotopic (exact) mass is 399 g/mol. The molecule has 1 aliphatic heterocycles. The molecule has 1 aliphatic rings. The topological polar surface area (TPSA) is 66.6 Å². The Balaban J connectivity index is 0.00000338. The van der Waals surface area contributed by atoms with Crippen LogP contribution in [0.5, 0.6) is 0 Å². The molecule has 5 nitrogen and oxygen atoms in total. The molecule has 0 radical (unpaired) electrons. The number of amides is 2. The van der Waals surface area contributed by atoms with Gasteiger partial charge in [0.05, 0.1) is 6.04 Å². The predicted octanol–water partition coefficient (Wildman–Crippen LogP) is 2.18. The predicted molar refractivity (Wildman–Crippen MR) is 111 cm³/mol. The maximum absolute atomic E-state index is 12.3. The van der Waals surface area contributed by atoms with E-state index in [2.05, 4.69) is 12.1 Å². The molecule has 1 fully saturated rings. The second-order valence-corrected chi connectivity index (χ2v) is 7.42. The molecule has 2 rings (SSSR count). The molecular formula is C19H30ClN3O2S. The van der Waals surface area contributed by atoms with Crippen molar-refractivity contribution < 1.29 is 9.59 Å². The Morgan fingerprint density at radius 3 is 2.35 bits per heavy atom. The molecule has 1 heterocycles. The minimum Gasteiger partial charge on any atom is -0.339 e. The van der Waals surface area contributed by atoms with E-state index in [1.165, 1.54) is 5.56 Å². The van der Waals surface area contributed by atoms with E-state index in [-0.39, 0.29) is 24.2 Å². The number of halogens is 1. The molecule has 146 valence electrons. The van der Waals surface area contributed by atoms with E-state index in [4.69, 9.17) is 5.73 Å². The molecule has 0 spiro atoms. The zero-order valence-corrected chi connectivity index (χ0v) is 17.1. The first-order chi connectivity index (χ1) is 12.1. The number of carbonyl (C=O) groups excluding carboxylic acids is 2. The standard InChI is InChI=1S/C19H29N3O2S.ClH/c1-25-15-10-17(20)19(24)22-13-11-21(12-14-22)18(23)9-5-8-16-6-3-2-4-7-16;/h2-4,6-7,17H,5,8-15,20H2,1H3;1H/t17-;/m0./s1.